The van der Waals surface area contributed by atoms with Crippen LogP contribution >= 0.6 is 11.6 Å². The highest BCUT2D eigenvalue weighted by atomic mass is 35.5. The Kier molecular flexibility index (Phi) is 5.89. The summed E-state index contributed by atoms with van der Waals surface area (Å²) >= 11 is 6.11. The summed E-state index contributed by atoms with van der Waals surface area (Å²) in [6, 6.07) is 9.07. The third-order valence-electron chi connectivity index (χ3n) is 3.81. The molecule has 0 aliphatic carbocycles. The molecule has 23 heavy (non-hydrogen) atoms. The lowest BCUT2D eigenvalue weighted by Crippen LogP contribution is -2.20. The van der Waals surface area contributed by atoms with Crippen LogP contribution in [0, 0.1) is 17.2 Å². The van der Waals surface area contributed by atoms with E-state index in [1.54, 1.807) is 12.1 Å². The molecule has 1 atom stereocenters. The molecule has 0 saturated carbocycles. The quantitative estimate of drug-likeness (QED) is 0.751. The van der Waals surface area contributed by atoms with Crippen LogP contribution in [0.3, 0.4) is 0 Å². The maximum absolute atomic E-state index is 12.2. The van der Waals surface area contributed by atoms with Crippen molar-refractivity contribution >= 4 is 28.6 Å². The van der Waals surface area contributed by atoms with Crippen LogP contribution in [-0.4, -0.2) is 22.5 Å². The van der Waals surface area contributed by atoms with Gasteiger partial charge in [-0.1, -0.05) is 50.4 Å². The van der Waals surface area contributed by atoms with Crippen molar-refractivity contribution in [3.63, 3.8) is 0 Å². The molecule has 0 saturated heterocycles. The fourth-order valence-corrected chi connectivity index (χ4v) is 2.45. The Balaban J connectivity index is 2.25. The molecule has 1 heterocycles. The van der Waals surface area contributed by atoms with Gasteiger partial charge in [0.2, 0.25) is 0 Å². The Morgan fingerprint density at radius 1 is 1.26 bits per heavy atom. The van der Waals surface area contributed by atoms with Crippen LogP contribution in [0.5, 0.6) is 0 Å². The highest BCUT2D eigenvalue weighted by Crippen LogP contribution is 2.25. The Morgan fingerprint density at radius 3 is 2.43 bits per heavy atom. The number of fused-ring (bicyclic) bond motifs is 1. The summed E-state index contributed by atoms with van der Waals surface area (Å²) in [5.41, 5.74) is 1.34. The van der Waals surface area contributed by atoms with Gasteiger partial charge in [0.25, 0.3) is 0 Å². The van der Waals surface area contributed by atoms with E-state index in [0.717, 1.165) is 12.8 Å². The fourth-order valence-electron chi connectivity index (χ4n) is 2.21. The monoisotopic (exact) mass is 331 g/mol. The first-order valence-corrected chi connectivity index (χ1v) is 7.96. The highest BCUT2D eigenvalue weighted by Gasteiger charge is 2.27. The van der Waals surface area contributed by atoms with E-state index in [9.17, 15) is 10.1 Å². The molecule has 0 aliphatic rings. The molecule has 0 fully saturated rings. The summed E-state index contributed by atoms with van der Waals surface area (Å²) in [4.78, 5) is 20.7. The van der Waals surface area contributed by atoms with Crippen molar-refractivity contribution in [1.29, 1.82) is 5.26 Å². The molecular formula is C17H18ClN3O2. The van der Waals surface area contributed by atoms with Crippen molar-refractivity contribution in [2.45, 2.75) is 32.6 Å². The Bertz CT molecular complexity index is 738. The Morgan fingerprint density at radius 2 is 1.87 bits per heavy atom. The lowest BCUT2D eigenvalue weighted by molar-refractivity contribution is -0.145. The van der Waals surface area contributed by atoms with Crippen LogP contribution in [0.15, 0.2) is 24.3 Å². The fraction of sp³-hybridized carbons (Fsp3) is 0.412. The highest BCUT2D eigenvalue weighted by molar-refractivity contribution is 6.30. The molecule has 5 nitrogen and oxygen atoms in total. The summed E-state index contributed by atoms with van der Waals surface area (Å²) in [6.45, 7) is 4.37. The zero-order chi connectivity index (χ0) is 16.8. The first kappa shape index (κ1) is 17.2. The van der Waals surface area contributed by atoms with Crippen molar-refractivity contribution in [2.24, 2.45) is 5.92 Å². The number of aromatic nitrogens is 2. The minimum absolute atomic E-state index is 0.0507. The van der Waals surface area contributed by atoms with Crippen molar-refractivity contribution in [3.05, 3.63) is 35.1 Å². The number of hydrogen-bond acceptors (Lipinski definition) is 5. The summed E-state index contributed by atoms with van der Waals surface area (Å²) in [5, 5.41) is 9.40. The van der Waals surface area contributed by atoms with Gasteiger partial charge in [0.15, 0.2) is 11.1 Å². The maximum atomic E-state index is 12.2. The molecule has 0 bridgehead atoms. The lowest BCUT2D eigenvalue weighted by atomic mass is 10.0. The third-order valence-corrected chi connectivity index (χ3v) is 4.08. The molecule has 1 aromatic heterocycles. The van der Waals surface area contributed by atoms with Gasteiger partial charge < -0.3 is 4.74 Å². The summed E-state index contributed by atoms with van der Waals surface area (Å²) in [5.74, 6) is -1.52. The van der Waals surface area contributed by atoms with Gasteiger partial charge in [-0.05, 0) is 18.1 Å². The van der Waals surface area contributed by atoms with E-state index in [1.807, 2.05) is 32.0 Å². The Labute approximate surface area is 140 Å². The predicted molar refractivity (Wildman–Crippen MR) is 87.9 cm³/mol. The second-order valence-electron chi connectivity index (χ2n) is 5.26. The number of nitrogens with zero attached hydrogens (tertiary/aromatic N) is 3. The number of carbonyl (C=O) groups excluding carboxylic acids is 1. The second-order valence-corrected chi connectivity index (χ2v) is 5.62. The molecule has 0 radical (unpaired) electrons. The van der Waals surface area contributed by atoms with Gasteiger partial charge in [-0.25, -0.2) is 9.97 Å². The van der Waals surface area contributed by atoms with Crippen LogP contribution in [0.2, 0.25) is 5.15 Å². The number of para-hydroxylation sites is 2. The second kappa shape index (κ2) is 7.89. The maximum Gasteiger partial charge on any atom is 0.329 e. The first-order valence-electron chi connectivity index (χ1n) is 7.59. The number of carbonyl (C=O) groups is 1. The summed E-state index contributed by atoms with van der Waals surface area (Å²) in [6.07, 6.45) is 1.83. The van der Waals surface area contributed by atoms with Crippen LogP contribution in [0.4, 0.5) is 0 Å². The van der Waals surface area contributed by atoms with E-state index in [4.69, 9.17) is 16.3 Å². The average molecular weight is 332 g/mol. The van der Waals surface area contributed by atoms with Crippen molar-refractivity contribution in [3.8, 4) is 6.07 Å². The van der Waals surface area contributed by atoms with Gasteiger partial charge in [-0.2, -0.15) is 5.26 Å². The zero-order valence-electron chi connectivity index (χ0n) is 13.1. The standard InChI is InChI=1S/C17H18ClN3O2/c1-3-11(4-2)10-23-17(22)12(9-19)15-16(18)21-14-8-6-5-7-13(14)20-15/h5-8,11-12H,3-4,10H2,1-2H3. The lowest BCUT2D eigenvalue weighted by Gasteiger charge is -2.15. The van der Waals surface area contributed by atoms with Crippen LogP contribution in [0.1, 0.15) is 38.3 Å². The van der Waals surface area contributed by atoms with Crippen LogP contribution in [0.25, 0.3) is 11.0 Å². The topological polar surface area (TPSA) is 75.9 Å². The molecule has 2 rings (SSSR count). The number of nitriles is 1. The number of hydrogen-bond donors (Lipinski definition) is 0. The van der Waals surface area contributed by atoms with Gasteiger partial charge in [0.05, 0.1) is 23.7 Å². The van der Waals surface area contributed by atoms with Gasteiger partial charge >= 0.3 is 5.97 Å². The first-order chi connectivity index (χ1) is 11.1. The average Bonchev–Trinajstić information content (AvgIpc) is 2.57. The normalized spacial score (nSPS) is 12.1. The smallest absolute Gasteiger partial charge is 0.329 e. The van der Waals surface area contributed by atoms with Gasteiger partial charge in [0.1, 0.15) is 5.69 Å². The number of ether oxygens (including phenoxy) is 1. The Hall–Kier alpha value is -2.19. The molecule has 1 unspecified atom stereocenters. The third kappa shape index (κ3) is 3.96. The zero-order valence-corrected chi connectivity index (χ0v) is 13.9. The van der Waals surface area contributed by atoms with E-state index < -0.39 is 11.9 Å². The van der Waals surface area contributed by atoms with E-state index in [1.165, 1.54) is 0 Å². The molecular weight excluding hydrogens is 314 g/mol. The van der Waals surface area contributed by atoms with E-state index in [0.29, 0.717) is 17.6 Å². The van der Waals surface area contributed by atoms with Crippen molar-refractivity contribution in [2.75, 3.05) is 6.61 Å². The molecule has 1 aromatic carbocycles. The molecule has 120 valence electrons. The molecule has 6 heteroatoms. The van der Waals surface area contributed by atoms with Crippen molar-refractivity contribution < 1.29 is 9.53 Å². The molecule has 0 N–H and O–H groups in total. The van der Waals surface area contributed by atoms with Crippen molar-refractivity contribution in [1.82, 2.24) is 9.97 Å². The molecule has 0 aliphatic heterocycles. The largest absolute Gasteiger partial charge is 0.464 e. The van der Waals surface area contributed by atoms with E-state index in [2.05, 4.69) is 9.97 Å². The predicted octanol–water partition coefficient (Wildman–Crippen LogP) is 3.87. The minimum Gasteiger partial charge on any atom is -0.464 e. The van der Waals surface area contributed by atoms with Crippen LogP contribution in [-0.2, 0) is 9.53 Å². The molecule has 0 amide bonds. The number of esters is 1. The van der Waals surface area contributed by atoms with Gasteiger partial charge in [-0.15, -0.1) is 0 Å². The van der Waals surface area contributed by atoms with Gasteiger partial charge in [-0.3, -0.25) is 4.79 Å². The van der Waals surface area contributed by atoms with E-state index >= 15 is 0 Å². The number of rotatable bonds is 6. The van der Waals surface area contributed by atoms with Gasteiger partial charge in [0, 0.05) is 0 Å². The van der Waals surface area contributed by atoms with E-state index in [-0.39, 0.29) is 16.8 Å². The molecule has 0 spiro atoms. The summed E-state index contributed by atoms with van der Waals surface area (Å²) < 4.78 is 5.27. The number of halogens is 1. The summed E-state index contributed by atoms with van der Waals surface area (Å²) in [7, 11) is 0. The molecule has 2 aromatic rings. The minimum atomic E-state index is -1.17. The number of benzene rings is 1. The van der Waals surface area contributed by atoms with Crippen LogP contribution < -0.4 is 0 Å². The SMILES string of the molecule is CCC(CC)COC(=O)C(C#N)c1nc2ccccc2nc1Cl.